The second-order valence-electron chi connectivity index (χ2n) is 4.13. The van der Waals surface area contributed by atoms with E-state index in [4.69, 9.17) is 5.73 Å². The lowest BCUT2D eigenvalue weighted by atomic mass is 10.1. The number of rotatable bonds is 4. The summed E-state index contributed by atoms with van der Waals surface area (Å²) in [6.07, 6.45) is 1.43. The van der Waals surface area contributed by atoms with E-state index in [1.165, 1.54) is 13.3 Å². The van der Waals surface area contributed by atoms with Crippen LogP contribution in [0.2, 0.25) is 0 Å². The molecular formula is C13H12N3O4S-. The molecule has 0 amide bonds. The number of carbonyl (C=O) groups is 1. The molecule has 1 heterocycles. The van der Waals surface area contributed by atoms with E-state index in [1.54, 1.807) is 24.3 Å². The summed E-state index contributed by atoms with van der Waals surface area (Å²) in [6, 6.07) is 6.73. The quantitative estimate of drug-likeness (QED) is 0.658. The van der Waals surface area contributed by atoms with Crippen LogP contribution in [0.1, 0.15) is 16.1 Å². The van der Waals surface area contributed by atoms with Crippen LogP contribution in [0.3, 0.4) is 0 Å². The van der Waals surface area contributed by atoms with Crippen LogP contribution in [-0.2, 0) is 21.6 Å². The Balaban J connectivity index is 2.33. The zero-order valence-electron chi connectivity index (χ0n) is 11.1. The Morgan fingerprint density at radius 2 is 2.05 bits per heavy atom. The summed E-state index contributed by atoms with van der Waals surface area (Å²) >= 11 is -2.14. The van der Waals surface area contributed by atoms with Gasteiger partial charge < -0.3 is 15.0 Å². The molecule has 21 heavy (non-hydrogen) atoms. The summed E-state index contributed by atoms with van der Waals surface area (Å²) in [6.45, 7) is 0. The lowest BCUT2D eigenvalue weighted by Crippen LogP contribution is -2.10. The zero-order chi connectivity index (χ0) is 15.4. The van der Waals surface area contributed by atoms with Gasteiger partial charge in [-0.25, -0.2) is 14.8 Å². The van der Waals surface area contributed by atoms with Crippen molar-refractivity contribution in [3.05, 3.63) is 41.7 Å². The molecule has 0 aliphatic heterocycles. The molecule has 0 aliphatic carbocycles. The van der Waals surface area contributed by atoms with Crippen molar-refractivity contribution in [2.75, 3.05) is 12.8 Å². The van der Waals surface area contributed by atoms with Crippen molar-refractivity contribution >= 4 is 22.9 Å². The van der Waals surface area contributed by atoms with Gasteiger partial charge in [-0.2, -0.15) is 0 Å². The first-order valence-electron chi connectivity index (χ1n) is 5.87. The molecule has 0 radical (unpaired) electrons. The molecule has 0 bridgehead atoms. The highest BCUT2D eigenvalue weighted by Crippen LogP contribution is 2.19. The maximum absolute atomic E-state index is 11.5. The highest BCUT2D eigenvalue weighted by atomic mass is 32.2. The van der Waals surface area contributed by atoms with E-state index in [0.29, 0.717) is 16.8 Å². The summed E-state index contributed by atoms with van der Waals surface area (Å²) in [5.41, 5.74) is 7.31. The third-order valence-corrected chi connectivity index (χ3v) is 3.28. The first-order chi connectivity index (χ1) is 10.0. The number of benzene rings is 1. The van der Waals surface area contributed by atoms with Crippen molar-refractivity contribution in [2.24, 2.45) is 0 Å². The van der Waals surface area contributed by atoms with Crippen LogP contribution in [0.5, 0.6) is 0 Å². The Morgan fingerprint density at radius 3 is 2.62 bits per heavy atom. The van der Waals surface area contributed by atoms with E-state index in [1.807, 2.05) is 0 Å². The highest BCUT2D eigenvalue weighted by Gasteiger charge is 2.14. The van der Waals surface area contributed by atoms with Gasteiger partial charge in [-0.05, 0) is 5.56 Å². The van der Waals surface area contributed by atoms with E-state index in [2.05, 4.69) is 14.7 Å². The summed E-state index contributed by atoms with van der Waals surface area (Å²) in [5.74, 6) is -0.731. The van der Waals surface area contributed by atoms with Gasteiger partial charge in [-0.1, -0.05) is 35.3 Å². The molecule has 0 fully saturated rings. The van der Waals surface area contributed by atoms with Gasteiger partial charge in [0.1, 0.15) is 0 Å². The maximum atomic E-state index is 11.5. The highest BCUT2D eigenvalue weighted by molar-refractivity contribution is 7.78. The number of nitrogens with two attached hydrogens (primary N) is 1. The Morgan fingerprint density at radius 1 is 1.38 bits per heavy atom. The predicted molar refractivity (Wildman–Crippen MR) is 75.8 cm³/mol. The van der Waals surface area contributed by atoms with Crippen LogP contribution in [0.4, 0.5) is 5.82 Å². The van der Waals surface area contributed by atoms with Gasteiger partial charge in [0.2, 0.25) is 0 Å². The molecule has 1 unspecified atom stereocenters. The van der Waals surface area contributed by atoms with Crippen molar-refractivity contribution in [2.45, 2.75) is 5.75 Å². The summed E-state index contributed by atoms with van der Waals surface area (Å²) in [5, 5.41) is 0. The molecule has 0 saturated heterocycles. The van der Waals surface area contributed by atoms with Crippen LogP contribution >= 0.6 is 0 Å². The molecule has 2 N–H and O–H groups in total. The van der Waals surface area contributed by atoms with Gasteiger partial charge in [0.15, 0.2) is 11.5 Å². The number of carbonyl (C=O) groups excluding carboxylic acids is 1. The van der Waals surface area contributed by atoms with Gasteiger partial charge in [0, 0.05) is 11.3 Å². The number of aromatic nitrogens is 2. The molecular weight excluding hydrogens is 294 g/mol. The Kier molecular flexibility index (Phi) is 4.61. The summed E-state index contributed by atoms with van der Waals surface area (Å²) in [4.78, 5) is 19.6. The van der Waals surface area contributed by atoms with E-state index in [-0.39, 0.29) is 17.3 Å². The van der Waals surface area contributed by atoms with Crippen molar-refractivity contribution < 1.29 is 18.3 Å². The zero-order valence-corrected chi connectivity index (χ0v) is 11.9. The van der Waals surface area contributed by atoms with Crippen LogP contribution in [-0.4, -0.2) is 31.8 Å². The molecule has 0 aliphatic rings. The number of nitrogens with zero attached hydrogens (tertiary/aromatic N) is 2. The minimum atomic E-state index is -2.14. The van der Waals surface area contributed by atoms with Gasteiger partial charge >= 0.3 is 5.97 Å². The second-order valence-corrected chi connectivity index (χ2v) is 5.02. The lowest BCUT2D eigenvalue weighted by molar-refractivity contribution is 0.0595. The standard InChI is InChI=1S/C13H13N3O4S/c1-20-13(17)11-12(14)15-6-10(16-11)9-4-2-8(3-5-9)7-21(18)19/h2-6H,7H2,1H3,(H2,14,15)(H,18,19)/p-1. The van der Waals surface area contributed by atoms with Crippen molar-refractivity contribution in [1.29, 1.82) is 0 Å². The Hall–Kier alpha value is -2.32. The minimum Gasteiger partial charge on any atom is -0.772 e. The topological polar surface area (TPSA) is 118 Å². The average Bonchev–Trinajstić information content (AvgIpc) is 2.47. The molecule has 1 atom stereocenters. The van der Waals surface area contributed by atoms with Crippen molar-refractivity contribution in [1.82, 2.24) is 9.97 Å². The van der Waals surface area contributed by atoms with E-state index < -0.39 is 17.0 Å². The molecule has 2 rings (SSSR count). The number of hydrogen-bond acceptors (Lipinski definition) is 7. The number of hydrogen-bond donors (Lipinski definition) is 1. The number of anilines is 1. The Bertz CT molecular complexity index is 688. The van der Waals surface area contributed by atoms with Crippen molar-refractivity contribution in [3.63, 3.8) is 0 Å². The third-order valence-electron chi connectivity index (χ3n) is 2.71. The van der Waals surface area contributed by atoms with E-state index in [9.17, 15) is 13.6 Å². The van der Waals surface area contributed by atoms with Crippen molar-refractivity contribution in [3.8, 4) is 11.3 Å². The van der Waals surface area contributed by atoms with Crippen LogP contribution in [0.15, 0.2) is 30.5 Å². The molecule has 1 aromatic carbocycles. The van der Waals surface area contributed by atoms with Crippen LogP contribution in [0.25, 0.3) is 11.3 Å². The van der Waals surface area contributed by atoms with Gasteiger partial charge in [-0.3, -0.25) is 4.21 Å². The first-order valence-corrected chi connectivity index (χ1v) is 7.11. The van der Waals surface area contributed by atoms with Gasteiger partial charge in [-0.15, -0.1) is 0 Å². The Labute approximate surface area is 123 Å². The minimum absolute atomic E-state index is 0.0102. The van der Waals surface area contributed by atoms with E-state index >= 15 is 0 Å². The van der Waals surface area contributed by atoms with Crippen LogP contribution < -0.4 is 5.73 Å². The third kappa shape index (κ3) is 3.61. The molecule has 2 aromatic rings. The predicted octanol–water partition coefficient (Wildman–Crippen LogP) is 0.891. The maximum Gasteiger partial charge on any atom is 0.360 e. The van der Waals surface area contributed by atoms with Crippen LogP contribution in [0, 0.1) is 0 Å². The fourth-order valence-electron chi connectivity index (χ4n) is 1.69. The van der Waals surface area contributed by atoms with E-state index in [0.717, 1.165) is 0 Å². The molecule has 7 nitrogen and oxygen atoms in total. The second kappa shape index (κ2) is 6.42. The summed E-state index contributed by atoms with van der Waals surface area (Å²) in [7, 11) is 1.23. The lowest BCUT2D eigenvalue weighted by Gasteiger charge is -2.07. The number of ether oxygens (including phenoxy) is 1. The number of esters is 1. The molecule has 110 valence electrons. The fraction of sp³-hybridized carbons (Fsp3) is 0.154. The monoisotopic (exact) mass is 306 g/mol. The molecule has 0 saturated carbocycles. The molecule has 1 aromatic heterocycles. The summed E-state index contributed by atoms with van der Waals surface area (Å²) < 4.78 is 25.8. The fourth-order valence-corrected chi connectivity index (χ4v) is 2.16. The normalized spacial score (nSPS) is 11.9. The first kappa shape index (κ1) is 15.1. The number of nitrogen functional groups attached to an aromatic ring is 1. The number of methoxy groups -OCH3 is 1. The molecule has 0 spiro atoms. The largest absolute Gasteiger partial charge is 0.772 e. The van der Waals surface area contributed by atoms with Gasteiger partial charge in [0.05, 0.1) is 19.0 Å². The average molecular weight is 306 g/mol. The smallest absolute Gasteiger partial charge is 0.360 e. The SMILES string of the molecule is COC(=O)c1nc(-c2ccc(CS(=O)[O-])cc2)cnc1N. The molecule has 8 heteroatoms. The van der Waals surface area contributed by atoms with Gasteiger partial charge in [0.25, 0.3) is 0 Å².